The first-order chi connectivity index (χ1) is 8.50. The average Bonchev–Trinajstić information content (AvgIpc) is 2.68. The van der Waals surface area contributed by atoms with E-state index in [0.717, 1.165) is 0 Å². The first-order valence-corrected chi connectivity index (χ1v) is 7.48. The van der Waals surface area contributed by atoms with Gasteiger partial charge in [0.05, 0.1) is 18.6 Å². The van der Waals surface area contributed by atoms with Crippen molar-refractivity contribution in [3.8, 4) is 5.75 Å². The molecule has 1 saturated heterocycles. The van der Waals surface area contributed by atoms with Gasteiger partial charge in [-0.1, -0.05) is 6.07 Å². The quantitative estimate of drug-likeness (QED) is 0.872. The highest BCUT2D eigenvalue weighted by Crippen LogP contribution is 2.15. The van der Waals surface area contributed by atoms with Crippen LogP contribution in [-0.4, -0.2) is 39.0 Å². The smallest absolute Gasteiger partial charge is 0.251 e. The van der Waals surface area contributed by atoms with Gasteiger partial charge in [0, 0.05) is 11.6 Å². The van der Waals surface area contributed by atoms with E-state index in [0.29, 0.717) is 17.7 Å². The lowest BCUT2D eigenvalue weighted by atomic mass is 10.2. The Morgan fingerprint density at radius 1 is 1.44 bits per heavy atom. The Labute approximate surface area is 106 Å². The predicted octanol–water partition coefficient (Wildman–Crippen LogP) is 0.612. The van der Waals surface area contributed by atoms with Crippen molar-refractivity contribution in [2.45, 2.75) is 12.5 Å². The molecule has 0 saturated carbocycles. The minimum absolute atomic E-state index is 0.0305. The maximum Gasteiger partial charge on any atom is 0.251 e. The van der Waals surface area contributed by atoms with Gasteiger partial charge in [0.2, 0.25) is 0 Å². The number of carbonyl (C=O) groups is 1. The molecule has 1 heterocycles. The molecule has 0 aromatic heterocycles. The van der Waals surface area contributed by atoms with Gasteiger partial charge in [-0.2, -0.15) is 0 Å². The molecule has 1 atom stereocenters. The van der Waals surface area contributed by atoms with Crippen molar-refractivity contribution < 1.29 is 17.9 Å². The van der Waals surface area contributed by atoms with Gasteiger partial charge >= 0.3 is 0 Å². The number of sulfone groups is 1. The second-order valence-electron chi connectivity index (χ2n) is 4.31. The molecule has 1 N–H and O–H groups in total. The lowest BCUT2D eigenvalue weighted by molar-refractivity contribution is 0.0941. The number of rotatable bonds is 3. The van der Waals surface area contributed by atoms with Gasteiger partial charge in [-0.05, 0) is 24.6 Å². The summed E-state index contributed by atoms with van der Waals surface area (Å²) in [6.45, 7) is 0. The number of hydrogen-bond donors (Lipinski definition) is 1. The fourth-order valence-electron chi connectivity index (χ4n) is 1.94. The average molecular weight is 269 g/mol. The number of benzene rings is 1. The number of nitrogens with one attached hydrogen (secondary N) is 1. The van der Waals surface area contributed by atoms with E-state index in [9.17, 15) is 13.2 Å². The maximum absolute atomic E-state index is 11.9. The van der Waals surface area contributed by atoms with E-state index in [1.165, 1.54) is 7.11 Å². The summed E-state index contributed by atoms with van der Waals surface area (Å²) in [7, 11) is -1.45. The van der Waals surface area contributed by atoms with E-state index in [4.69, 9.17) is 4.74 Å². The highest BCUT2D eigenvalue weighted by Gasteiger charge is 2.29. The van der Waals surface area contributed by atoms with E-state index < -0.39 is 9.84 Å². The summed E-state index contributed by atoms with van der Waals surface area (Å²) in [6, 6.07) is 6.48. The molecule has 0 aliphatic carbocycles. The van der Waals surface area contributed by atoms with Crippen molar-refractivity contribution in [1.82, 2.24) is 5.32 Å². The molecule has 5 nitrogen and oxygen atoms in total. The first-order valence-electron chi connectivity index (χ1n) is 5.65. The standard InChI is InChI=1S/C12H15NO4S/c1-17-11-4-2-3-9(7-11)12(14)13-10-5-6-18(15,16)8-10/h2-4,7,10H,5-6,8H2,1H3,(H,13,14)/t10-/m1/s1. The van der Waals surface area contributed by atoms with Gasteiger partial charge in [-0.15, -0.1) is 0 Å². The fraction of sp³-hybridized carbons (Fsp3) is 0.417. The first kappa shape index (κ1) is 12.9. The molecule has 18 heavy (non-hydrogen) atoms. The van der Waals surface area contributed by atoms with Crippen LogP contribution in [0, 0.1) is 0 Å². The molecule has 1 fully saturated rings. The van der Waals surface area contributed by atoms with Crippen LogP contribution in [0.4, 0.5) is 0 Å². The summed E-state index contributed by atoms with van der Waals surface area (Å²) < 4.78 is 27.6. The van der Waals surface area contributed by atoms with Crippen LogP contribution in [0.5, 0.6) is 5.75 Å². The normalized spacial score (nSPS) is 21.5. The van der Waals surface area contributed by atoms with E-state index in [1.807, 2.05) is 0 Å². The Kier molecular flexibility index (Phi) is 3.56. The van der Waals surface area contributed by atoms with Gasteiger partial charge in [0.1, 0.15) is 5.75 Å². The van der Waals surface area contributed by atoms with Gasteiger partial charge in [-0.25, -0.2) is 8.42 Å². The predicted molar refractivity (Wildman–Crippen MR) is 67.5 cm³/mol. The summed E-state index contributed by atoms with van der Waals surface area (Å²) >= 11 is 0. The maximum atomic E-state index is 11.9. The molecule has 1 aliphatic heterocycles. The third-order valence-electron chi connectivity index (χ3n) is 2.90. The molecule has 1 aliphatic rings. The lowest BCUT2D eigenvalue weighted by Crippen LogP contribution is -2.35. The van der Waals surface area contributed by atoms with Crippen LogP contribution in [0.25, 0.3) is 0 Å². The summed E-state index contributed by atoms with van der Waals surface area (Å²) in [5.41, 5.74) is 0.471. The highest BCUT2D eigenvalue weighted by atomic mass is 32.2. The molecule has 0 radical (unpaired) electrons. The van der Waals surface area contributed by atoms with Crippen LogP contribution in [0.3, 0.4) is 0 Å². The minimum atomic E-state index is -2.98. The molecule has 6 heteroatoms. The van der Waals surface area contributed by atoms with Crippen molar-refractivity contribution in [3.63, 3.8) is 0 Å². The Hall–Kier alpha value is -1.56. The van der Waals surface area contributed by atoms with E-state index >= 15 is 0 Å². The number of ether oxygens (including phenoxy) is 1. The molecule has 0 spiro atoms. The topological polar surface area (TPSA) is 72.5 Å². The molecule has 1 aromatic rings. The third-order valence-corrected chi connectivity index (χ3v) is 4.67. The third kappa shape index (κ3) is 3.01. The van der Waals surface area contributed by atoms with Crippen LogP contribution >= 0.6 is 0 Å². The van der Waals surface area contributed by atoms with Gasteiger partial charge in [0.15, 0.2) is 9.84 Å². The summed E-state index contributed by atoms with van der Waals surface area (Å²) in [5, 5.41) is 2.73. The monoisotopic (exact) mass is 269 g/mol. The zero-order valence-electron chi connectivity index (χ0n) is 10.0. The Morgan fingerprint density at radius 3 is 2.83 bits per heavy atom. The molecular weight excluding hydrogens is 254 g/mol. The molecule has 1 aromatic carbocycles. The molecular formula is C12H15NO4S. The van der Waals surface area contributed by atoms with Gasteiger partial charge < -0.3 is 10.1 Å². The van der Waals surface area contributed by atoms with Crippen molar-refractivity contribution in [1.29, 1.82) is 0 Å². The lowest BCUT2D eigenvalue weighted by Gasteiger charge is -2.11. The van der Waals surface area contributed by atoms with Crippen LogP contribution in [0.2, 0.25) is 0 Å². The minimum Gasteiger partial charge on any atom is -0.497 e. The SMILES string of the molecule is COc1cccc(C(=O)N[C@@H]2CCS(=O)(=O)C2)c1. The van der Waals surface area contributed by atoms with E-state index in [2.05, 4.69) is 5.32 Å². The molecule has 0 bridgehead atoms. The van der Waals surface area contributed by atoms with Gasteiger partial charge in [0.25, 0.3) is 5.91 Å². The number of amides is 1. The number of carbonyl (C=O) groups excluding carboxylic acids is 1. The Balaban J connectivity index is 2.04. The van der Waals surface area contributed by atoms with Gasteiger partial charge in [-0.3, -0.25) is 4.79 Å². The summed E-state index contributed by atoms with van der Waals surface area (Å²) in [5.74, 6) is 0.511. The number of methoxy groups -OCH3 is 1. The van der Waals surface area contributed by atoms with E-state index in [-0.39, 0.29) is 23.5 Å². The van der Waals surface area contributed by atoms with Crippen molar-refractivity contribution in [2.75, 3.05) is 18.6 Å². The van der Waals surface area contributed by atoms with Crippen LogP contribution in [-0.2, 0) is 9.84 Å². The van der Waals surface area contributed by atoms with Crippen molar-refractivity contribution >= 4 is 15.7 Å². The molecule has 2 rings (SSSR count). The summed E-state index contributed by atoms with van der Waals surface area (Å²) in [4.78, 5) is 11.9. The number of hydrogen-bond acceptors (Lipinski definition) is 4. The molecule has 1 amide bonds. The Bertz CT molecular complexity index is 553. The zero-order chi connectivity index (χ0) is 13.2. The van der Waals surface area contributed by atoms with E-state index in [1.54, 1.807) is 24.3 Å². The zero-order valence-corrected chi connectivity index (χ0v) is 10.9. The van der Waals surface area contributed by atoms with Crippen LogP contribution < -0.4 is 10.1 Å². The molecule has 0 unspecified atom stereocenters. The second-order valence-corrected chi connectivity index (χ2v) is 6.53. The Morgan fingerprint density at radius 2 is 2.22 bits per heavy atom. The largest absolute Gasteiger partial charge is 0.497 e. The van der Waals surface area contributed by atoms with Crippen LogP contribution in [0.15, 0.2) is 24.3 Å². The van der Waals surface area contributed by atoms with Crippen LogP contribution in [0.1, 0.15) is 16.8 Å². The van der Waals surface area contributed by atoms with Crippen molar-refractivity contribution in [3.05, 3.63) is 29.8 Å². The highest BCUT2D eigenvalue weighted by molar-refractivity contribution is 7.91. The molecule has 98 valence electrons. The summed E-state index contributed by atoms with van der Waals surface area (Å²) in [6.07, 6.45) is 0.484. The second kappa shape index (κ2) is 4.97. The fourth-order valence-corrected chi connectivity index (χ4v) is 3.62. The van der Waals surface area contributed by atoms with Crippen molar-refractivity contribution in [2.24, 2.45) is 0 Å².